The van der Waals surface area contributed by atoms with Crippen molar-refractivity contribution in [3.8, 4) is 11.3 Å². The highest BCUT2D eigenvalue weighted by Crippen LogP contribution is 2.35. The summed E-state index contributed by atoms with van der Waals surface area (Å²) in [4.78, 5) is 28.0. The van der Waals surface area contributed by atoms with Gasteiger partial charge in [-0.3, -0.25) is 10.00 Å². The molecule has 1 amide bonds. The minimum atomic E-state index is -0.590. The molecular weight excluding hydrogens is 440 g/mol. The Labute approximate surface area is 206 Å². The number of carbonyl (C=O) groups excluding carboxylic acids is 1. The smallest absolute Gasteiger partial charge is 0.411 e. The first-order valence-corrected chi connectivity index (χ1v) is 12.1. The zero-order valence-electron chi connectivity index (χ0n) is 21.9. The van der Waals surface area contributed by atoms with Crippen LogP contribution in [0.15, 0.2) is 36.5 Å². The Hall–Kier alpha value is -3.42. The van der Waals surface area contributed by atoms with Crippen molar-refractivity contribution in [1.29, 1.82) is 0 Å². The van der Waals surface area contributed by atoms with E-state index in [1.807, 2.05) is 70.7 Å². The second kappa shape index (κ2) is 8.98. The first kappa shape index (κ1) is 24.7. The summed E-state index contributed by atoms with van der Waals surface area (Å²) in [6, 6.07) is 9.73. The molecule has 0 bridgehead atoms. The summed E-state index contributed by atoms with van der Waals surface area (Å²) < 4.78 is 5.82. The standard InChI is InChI=1S/C27H36N6O2/c1-16(2)14-21(33(26(3,4)5)25(34)35-27(6,7)8)24-29-19-12-11-17(15-20(19)30-24)22-18-10-9-13-28-23(18)32-31-22/h9-13,15-16,21H,14H2,1-8H3,(H,29,30)(H,28,31,32)/t21-/m1/s1. The van der Waals surface area contributed by atoms with E-state index in [1.165, 1.54) is 0 Å². The van der Waals surface area contributed by atoms with Gasteiger partial charge in [0, 0.05) is 22.7 Å². The van der Waals surface area contributed by atoms with Crippen molar-refractivity contribution < 1.29 is 9.53 Å². The Morgan fingerprint density at radius 1 is 1.11 bits per heavy atom. The summed E-state index contributed by atoms with van der Waals surface area (Å²) in [6.45, 7) is 16.1. The highest BCUT2D eigenvalue weighted by Gasteiger charge is 2.38. The van der Waals surface area contributed by atoms with Gasteiger partial charge in [0.2, 0.25) is 0 Å². The second-order valence-corrected chi connectivity index (χ2v) is 11.5. The van der Waals surface area contributed by atoms with Gasteiger partial charge in [-0.05, 0) is 78.1 Å². The summed E-state index contributed by atoms with van der Waals surface area (Å²) in [5.74, 6) is 1.10. The van der Waals surface area contributed by atoms with Gasteiger partial charge in [0.05, 0.1) is 22.8 Å². The van der Waals surface area contributed by atoms with E-state index in [0.717, 1.165) is 39.9 Å². The number of hydrogen-bond acceptors (Lipinski definition) is 5. The number of rotatable bonds is 5. The average molecular weight is 477 g/mol. The summed E-state index contributed by atoms with van der Waals surface area (Å²) >= 11 is 0. The van der Waals surface area contributed by atoms with Crippen LogP contribution in [0.1, 0.15) is 73.7 Å². The maximum atomic E-state index is 13.4. The van der Waals surface area contributed by atoms with Gasteiger partial charge in [-0.15, -0.1) is 0 Å². The molecule has 0 saturated heterocycles. The maximum absolute atomic E-state index is 13.4. The van der Waals surface area contributed by atoms with Gasteiger partial charge in [0.25, 0.3) is 0 Å². The number of imidazole rings is 1. The minimum Gasteiger partial charge on any atom is -0.444 e. The van der Waals surface area contributed by atoms with Gasteiger partial charge in [0.1, 0.15) is 11.4 Å². The highest BCUT2D eigenvalue weighted by atomic mass is 16.6. The molecule has 0 unspecified atom stereocenters. The summed E-state index contributed by atoms with van der Waals surface area (Å²) in [5, 5.41) is 8.39. The number of aromatic amines is 2. The van der Waals surface area contributed by atoms with E-state index in [4.69, 9.17) is 9.72 Å². The SMILES string of the molecule is CC(C)C[C@H](c1nc2ccc(-c3[nH]nc4ncccc34)cc2[nH]1)N(C(=O)OC(C)(C)C)C(C)(C)C. The molecule has 4 aromatic rings. The molecule has 0 fully saturated rings. The maximum Gasteiger partial charge on any atom is 0.411 e. The van der Waals surface area contributed by atoms with E-state index >= 15 is 0 Å². The van der Waals surface area contributed by atoms with Crippen LogP contribution in [0.4, 0.5) is 4.79 Å². The Bertz CT molecular complexity index is 1340. The number of hydrogen-bond donors (Lipinski definition) is 2. The molecule has 0 aliphatic carbocycles. The number of pyridine rings is 1. The van der Waals surface area contributed by atoms with E-state index in [2.05, 4.69) is 40.1 Å². The van der Waals surface area contributed by atoms with Crippen molar-refractivity contribution in [2.45, 2.75) is 79.0 Å². The van der Waals surface area contributed by atoms with Crippen molar-refractivity contribution in [2.75, 3.05) is 0 Å². The largest absolute Gasteiger partial charge is 0.444 e. The number of nitrogens with zero attached hydrogens (tertiary/aromatic N) is 4. The third kappa shape index (κ3) is 5.31. The van der Waals surface area contributed by atoms with Crippen LogP contribution < -0.4 is 0 Å². The fourth-order valence-electron chi connectivity index (χ4n) is 4.38. The van der Waals surface area contributed by atoms with Crippen molar-refractivity contribution in [2.24, 2.45) is 5.92 Å². The van der Waals surface area contributed by atoms with Crippen LogP contribution in [0.3, 0.4) is 0 Å². The summed E-state index contributed by atoms with van der Waals surface area (Å²) in [7, 11) is 0. The van der Waals surface area contributed by atoms with Gasteiger partial charge in [-0.25, -0.2) is 14.8 Å². The van der Waals surface area contributed by atoms with E-state index in [9.17, 15) is 4.79 Å². The molecule has 8 heteroatoms. The Morgan fingerprint density at radius 2 is 1.86 bits per heavy atom. The molecule has 35 heavy (non-hydrogen) atoms. The quantitative estimate of drug-likeness (QED) is 0.337. The molecule has 4 rings (SSSR count). The first-order valence-electron chi connectivity index (χ1n) is 12.1. The van der Waals surface area contributed by atoms with Gasteiger partial charge < -0.3 is 9.72 Å². The van der Waals surface area contributed by atoms with E-state index in [1.54, 1.807) is 6.20 Å². The second-order valence-electron chi connectivity index (χ2n) is 11.5. The molecule has 186 valence electrons. The topological polar surface area (TPSA) is 99.8 Å². The zero-order chi connectivity index (χ0) is 25.5. The van der Waals surface area contributed by atoms with E-state index in [0.29, 0.717) is 11.6 Å². The zero-order valence-corrected chi connectivity index (χ0v) is 21.9. The number of benzene rings is 1. The predicted octanol–water partition coefficient (Wildman–Crippen LogP) is 6.62. The van der Waals surface area contributed by atoms with Gasteiger partial charge in [-0.2, -0.15) is 5.10 Å². The van der Waals surface area contributed by atoms with Crippen LogP contribution >= 0.6 is 0 Å². The number of H-pyrrole nitrogens is 2. The third-order valence-electron chi connectivity index (χ3n) is 5.75. The summed E-state index contributed by atoms with van der Waals surface area (Å²) in [5.41, 5.74) is 3.27. The lowest BCUT2D eigenvalue weighted by Crippen LogP contribution is -2.50. The molecule has 8 nitrogen and oxygen atoms in total. The summed E-state index contributed by atoms with van der Waals surface area (Å²) in [6.07, 6.45) is 2.14. The van der Waals surface area contributed by atoms with Gasteiger partial charge >= 0.3 is 6.09 Å². The molecule has 0 aliphatic rings. The molecule has 0 radical (unpaired) electrons. The lowest BCUT2D eigenvalue weighted by atomic mass is 9.96. The van der Waals surface area contributed by atoms with Crippen molar-refractivity contribution in [1.82, 2.24) is 30.0 Å². The number of ether oxygens (including phenoxy) is 1. The van der Waals surface area contributed by atoms with Crippen molar-refractivity contribution in [3.63, 3.8) is 0 Å². The Balaban J connectivity index is 1.77. The Kier molecular flexibility index (Phi) is 6.34. The molecule has 3 aromatic heterocycles. The normalized spacial score (nSPS) is 13.5. The van der Waals surface area contributed by atoms with Crippen LogP contribution in [0.5, 0.6) is 0 Å². The van der Waals surface area contributed by atoms with Crippen molar-refractivity contribution >= 4 is 28.2 Å². The number of nitrogens with one attached hydrogen (secondary N) is 2. The molecular formula is C27H36N6O2. The van der Waals surface area contributed by atoms with Crippen LogP contribution in [0.25, 0.3) is 33.3 Å². The minimum absolute atomic E-state index is 0.266. The fourth-order valence-corrected chi connectivity index (χ4v) is 4.38. The number of aromatic nitrogens is 5. The Morgan fingerprint density at radius 3 is 2.51 bits per heavy atom. The molecule has 1 atom stereocenters. The van der Waals surface area contributed by atoms with Gasteiger partial charge in [0.15, 0.2) is 5.65 Å². The van der Waals surface area contributed by atoms with Crippen molar-refractivity contribution in [3.05, 3.63) is 42.4 Å². The van der Waals surface area contributed by atoms with Gasteiger partial charge in [-0.1, -0.05) is 19.9 Å². The number of carbonyl (C=O) groups is 1. The number of fused-ring (bicyclic) bond motifs is 2. The highest BCUT2D eigenvalue weighted by molar-refractivity contribution is 5.93. The average Bonchev–Trinajstić information content (AvgIpc) is 3.34. The monoisotopic (exact) mass is 476 g/mol. The number of amides is 1. The predicted molar refractivity (Wildman–Crippen MR) is 139 cm³/mol. The van der Waals surface area contributed by atoms with E-state index in [-0.39, 0.29) is 12.1 Å². The lowest BCUT2D eigenvalue weighted by Gasteiger charge is -2.42. The van der Waals surface area contributed by atoms with Crippen LogP contribution in [0, 0.1) is 5.92 Å². The van der Waals surface area contributed by atoms with Crippen LogP contribution in [-0.4, -0.2) is 47.3 Å². The molecule has 1 aromatic carbocycles. The molecule has 0 spiro atoms. The van der Waals surface area contributed by atoms with Crippen LogP contribution in [0.2, 0.25) is 0 Å². The first-order chi connectivity index (χ1) is 16.3. The molecule has 0 aliphatic heterocycles. The third-order valence-corrected chi connectivity index (χ3v) is 5.75. The lowest BCUT2D eigenvalue weighted by molar-refractivity contribution is -0.0122. The van der Waals surface area contributed by atoms with Crippen LogP contribution in [-0.2, 0) is 4.74 Å². The molecule has 0 saturated carbocycles. The molecule has 3 heterocycles. The molecule has 2 N–H and O–H groups in total. The van der Waals surface area contributed by atoms with E-state index < -0.39 is 11.1 Å². The fraction of sp³-hybridized carbons (Fsp3) is 0.481.